The van der Waals surface area contributed by atoms with Crippen molar-refractivity contribution >= 4 is 12.0 Å². The molecule has 0 heterocycles. The number of alkyl halides is 3. The first-order chi connectivity index (χ1) is 14.2. The molecular formula is C21H23F3N2O4. The van der Waals surface area contributed by atoms with Gasteiger partial charge in [-0.2, -0.15) is 0 Å². The van der Waals surface area contributed by atoms with Gasteiger partial charge in [-0.25, -0.2) is 4.79 Å². The van der Waals surface area contributed by atoms with Gasteiger partial charge in [0.1, 0.15) is 18.4 Å². The summed E-state index contributed by atoms with van der Waals surface area (Å²) < 4.78 is 46.7. The Labute approximate surface area is 172 Å². The van der Waals surface area contributed by atoms with Crippen molar-refractivity contribution in [1.82, 2.24) is 10.6 Å². The van der Waals surface area contributed by atoms with Crippen molar-refractivity contribution in [3.8, 4) is 5.75 Å². The van der Waals surface area contributed by atoms with Crippen LogP contribution in [0, 0.1) is 5.92 Å². The number of halogens is 3. The number of para-hydroxylation sites is 1. The Balaban J connectivity index is 1.93. The molecule has 0 aliphatic rings. The zero-order chi connectivity index (χ0) is 22.1. The highest BCUT2D eigenvalue weighted by atomic mass is 19.4. The van der Waals surface area contributed by atoms with E-state index in [1.54, 1.807) is 38.1 Å². The third-order valence-electron chi connectivity index (χ3n) is 4.09. The topological polar surface area (TPSA) is 76.7 Å². The zero-order valence-corrected chi connectivity index (χ0v) is 16.5. The lowest BCUT2D eigenvalue weighted by atomic mass is 10.0. The van der Waals surface area contributed by atoms with Gasteiger partial charge >= 0.3 is 12.5 Å². The van der Waals surface area contributed by atoms with Crippen LogP contribution in [0.2, 0.25) is 0 Å². The summed E-state index contributed by atoms with van der Waals surface area (Å²) in [7, 11) is 0. The first-order valence-corrected chi connectivity index (χ1v) is 9.24. The Morgan fingerprint density at radius 3 is 2.27 bits per heavy atom. The highest BCUT2D eigenvalue weighted by Crippen LogP contribution is 2.26. The van der Waals surface area contributed by atoms with Crippen LogP contribution in [-0.4, -0.2) is 24.4 Å². The summed E-state index contributed by atoms with van der Waals surface area (Å²) in [4.78, 5) is 24.6. The number of hydrogen-bond donors (Lipinski definition) is 2. The van der Waals surface area contributed by atoms with Crippen LogP contribution in [0.4, 0.5) is 18.0 Å². The quantitative estimate of drug-likeness (QED) is 0.668. The summed E-state index contributed by atoms with van der Waals surface area (Å²) >= 11 is 0. The maximum Gasteiger partial charge on any atom is 0.573 e. The first kappa shape index (κ1) is 23.1. The average molecular weight is 424 g/mol. The molecule has 2 rings (SSSR count). The van der Waals surface area contributed by atoms with Gasteiger partial charge in [-0.1, -0.05) is 62.4 Å². The molecule has 0 radical (unpaired) electrons. The number of carbonyl (C=O) groups excluding carboxylic acids is 2. The van der Waals surface area contributed by atoms with E-state index in [1.807, 2.05) is 6.07 Å². The molecule has 0 aromatic heterocycles. The molecule has 0 bridgehead atoms. The number of hydrogen-bond acceptors (Lipinski definition) is 4. The standard InChI is InChI=1S/C21H23F3N2O4/c1-14(2)18(26-20(28)29-13-15-8-4-3-5-9-15)19(27)25-12-16-10-6-7-11-17(16)30-21(22,23)24/h3-11,14,18H,12-13H2,1-2H3,(H,25,27)(H,26,28)/t18-/m1/s1. The zero-order valence-electron chi connectivity index (χ0n) is 16.5. The molecule has 9 heteroatoms. The van der Waals surface area contributed by atoms with Gasteiger partial charge in [0.25, 0.3) is 0 Å². The van der Waals surface area contributed by atoms with E-state index in [0.29, 0.717) is 0 Å². The predicted octanol–water partition coefficient (Wildman–Crippen LogP) is 4.15. The van der Waals surface area contributed by atoms with Crippen LogP contribution in [0.5, 0.6) is 5.75 Å². The molecule has 0 aliphatic heterocycles. The summed E-state index contributed by atoms with van der Waals surface area (Å²) in [6.07, 6.45) is -5.61. The molecule has 6 nitrogen and oxygen atoms in total. The monoisotopic (exact) mass is 424 g/mol. The Bertz CT molecular complexity index is 842. The van der Waals surface area contributed by atoms with Gasteiger partial charge in [-0.05, 0) is 17.5 Å². The number of carbonyl (C=O) groups is 2. The van der Waals surface area contributed by atoms with Gasteiger partial charge in [0, 0.05) is 12.1 Å². The van der Waals surface area contributed by atoms with Crippen LogP contribution in [0.15, 0.2) is 54.6 Å². The lowest BCUT2D eigenvalue weighted by molar-refractivity contribution is -0.274. The fourth-order valence-electron chi connectivity index (χ4n) is 2.59. The summed E-state index contributed by atoms with van der Waals surface area (Å²) in [6.45, 7) is 3.29. The van der Waals surface area contributed by atoms with Crippen LogP contribution in [0.25, 0.3) is 0 Å². The Morgan fingerprint density at radius 2 is 1.63 bits per heavy atom. The number of alkyl carbamates (subject to hydrolysis) is 1. The van der Waals surface area contributed by atoms with Crippen LogP contribution in [0.3, 0.4) is 0 Å². The van der Waals surface area contributed by atoms with Crippen molar-refractivity contribution in [1.29, 1.82) is 0 Å². The summed E-state index contributed by atoms with van der Waals surface area (Å²) in [6, 6.07) is 13.6. The largest absolute Gasteiger partial charge is 0.573 e. The third kappa shape index (κ3) is 7.65. The minimum atomic E-state index is -4.84. The minimum Gasteiger partial charge on any atom is -0.445 e. The summed E-state index contributed by atoms with van der Waals surface area (Å²) in [5.41, 5.74) is 0.941. The van der Waals surface area contributed by atoms with E-state index >= 15 is 0 Å². The van der Waals surface area contributed by atoms with Gasteiger partial charge in [0.2, 0.25) is 5.91 Å². The van der Waals surface area contributed by atoms with E-state index < -0.39 is 30.2 Å². The lowest BCUT2D eigenvalue weighted by Gasteiger charge is -2.22. The van der Waals surface area contributed by atoms with E-state index in [4.69, 9.17) is 4.74 Å². The van der Waals surface area contributed by atoms with Gasteiger partial charge in [0.15, 0.2) is 0 Å². The van der Waals surface area contributed by atoms with Gasteiger partial charge < -0.3 is 20.1 Å². The lowest BCUT2D eigenvalue weighted by Crippen LogP contribution is -2.49. The van der Waals surface area contributed by atoms with E-state index in [1.165, 1.54) is 18.2 Å². The molecule has 0 aliphatic carbocycles. The fourth-order valence-corrected chi connectivity index (χ4v) is 2.59. The molecule has 2 aromatic carbocycles. The maximum absolute atomic E-state index is 12.5. The predicted molar refractivity (Wildman–Crippen MR) is 103 cm³/mol. The van der Waals surface area contributed by atoms with Crippen molar-refractivity contribution in [3.05, 3.63) is 65.7 Å². The molecular weight excluding hydrogens is 401 g/mol. The maximum atomic E-state index is 12.5. The Morgan fingerprint density at radius 1 is 1.00 bits per heavy atom. The number of nitrogens with one attached hydrogen (secondary N) is 2. The van der Waals surface area contributed by atoms with Crippen molar-refractivity contribution in [2.24, 2.45) is 5.92 Å². The van der Waals surface area contributed by atoms with Gasteiger partial charge in [-0.15, -0.1) is 13.2 Å². The van der Waals surface area contributed by atoms with E-state index in [-0.39, 0.29) is 24.6 Å². The summed E-state index contributed by atoms with van der Waals surface area (Å²) in [5, 5.41) is 5.02. The fraction of sp³-hybridized carbons (Fsp3) is 0.333. The SMILES string of the molecule is CC(C)[C@@H](NC(=O)OCc1ccccc1)C(=O)NCc1ccccc1OC(F)(F)F. The number of ether oxygens (including phenoxy) is 2. The average Bonchev–Trinajstić information content (AvgIpc) is 2.69. The van der Waals surface area contributed by atoms with Gasteiger partial charge in [0.05, 0.1) is 0 Å². The van der Waals surface area contributed by atoms with Crippen molar-refractivity contribution in [2.45, 2.75) is 39.4 Å². The van der Waals surface area contributed by atoms with Crippen molar-refractivity contribution in [2.75, 3.05) is 0 Å². The highest BCUT2D eigenvalue weighted by molar-refractivity contribution is 5.85. The molecule has 0 saturated carbocycles. The van der Waals surface area contributed by atoms with E-state index in [2.05, 4.69) is 15.4 Å². The van der Waals surface area contributed by atoms with Crippen molar-refractivity contribution in [3.63, 3.8) is 0 Å². The Hall–Kier alpha value is -3.23. The normalized spacial score (nSPS) is 12.2. The summed E-state index contributed by atoms with van der Waals surface area (Å²) in [5.74, 6) is -1.24. The van der Waals surface area contributed by atoms with Crippen LogP contribution in [0.1, 0.15) is 25.0 Å². The Kier molecular flexibility index (Phi) is 8.08. The molecule has 0 spiro atoms. The molecule has 2 aromatic rings. The molecule has 0 unspecified atom stereocenters. The van der Waals surface area contributed by atoms with E-state index in [0.717, 1.165) is 11.6 Å². The van der Waals surface area contributed by atoms with Crippen LogP contribution >= 0.6 is 0 Å². The van der Waals surface area contributed by atoms with Crippen LogP contribution in [-0.2, 0) is 22.7 Å². The number of benzene rings is 2. The van der Waals surface area contributed by atoms with Gasteiger partial charge in [-0.3, -0.25) is 4.79 Å². The molecule has 0 fully saturated rings. The molecule has 1 atom stereocenters. The second-order valence-electron chi connectivity index (χ2n) is 6.80. The second-order valence-corrected chi connectivity index (χ2v) is 6.80. The molecule has 162 valence electrons. The molecule has 2 N–H and O–H groups in total. The van der Waals surface area contributed by atoms with Crippen LogP contribution < -0.4 is 15.4 Å². The number of rotatable bonds is 8. The third-order valence-corrected chi connectivity index (χ3v) is 4.09. The smallest absolute Gasteiger partial charge is 0.445 e. The minimum absolute atomic E-state index is 0.0429. The first-order valence-electron chi connectivity index (χ1n) is 9.24. The molecule has 2 amide bonds. The highest BCUT2D eigenvalue weighted by Gasteiger charge is 2.32. The van der Waals surface area contributed by atoms with E-state index in [9.17, 15) is 22.8 Å². The van der Waals surface area contributed by atoms with Crippen molar-refractivity contribution < 1.29 is 32.2 Å². The number of amides is 2. The molecule has 0 saturated heterocycles. The molecule has 30 heavy (non-hydrogen) atoms. The second kappa shape index (κ2) is 10.5.